The average Bonchev–Trinajstić information content (AvgIpc) is 3.07. The summed E-state index contributed by atoms with van der Waals surface area (Å²) in [7, 11) is -3.98. The first-order valence-electron chi connectivity index (χ1n) is 9.22. The Kier molecular flexibility index (Phi) is 5.78. The number of halogens is 2. The number of rotatable bonds is 4. The van der Waals surface area contributed by atoms with Crippen LogP contribution in [0.3, 0.4) is 0 Å². The van der Waals surface area contributed by atoms with E-state index < -0.39 is 50.4 Å². The fourth-order valence-electron chi connectivity index (χ4n) is 3.42. The number of ether oxygens (including phenoxy) is 1. The fraction of sp³-hybridized carbons (Fsp3) is 0.381. The third kappa shape index (κ3) is 4.64. The maximum absolute atomic E-state index is 14.5. The lowest BCUT2D eigenvalue weighted by Crippen LogP contribution is -2.38. The summed E-state index contributed by atoms with van der Waals surface area (Å²) in [5, 5.41) is 1.82. The summed E-state index contributed by atoms with van der Waals surface area (Å²) in [5.74, 6) is -1.74. The molecular weight excluding hydrogens is 400 g/mol. The monoisotopic (exact) mass is 423 g/mol. The minimum absolute atomic E-state index is 0.0862. The number of sulfone groups is 1. The van der Waals surface area contributed by atoms with Gasteiger partial charge >= 0.3 is 5.97 Å². The highest BCUT2D eigenvalue weighted by atomic mass is 32.2. The van der Waals surface area contributed by atoms with Gasteiger partial charge in [-0.1, -0.05) is 18.2 Å². The standard InChI is InChI=1S/C21H23F2NO4S/c1-21(2,3)28-20(25)17-12-18(19(24-17)15-6-4-5-7-16(15)23)29(26,27)14-10-8-13(22)9-11-14/h4-11,17-19,24H,12H2,1-3H3. The van der Waals surface area contributed by atoms with Gasteiger partial charge in [-0.15, -0.1) is 0 Å². The van der Waals surface area contributed by atoms with Crippen molar-refractivity contribution in [3.05, 3.63) is 65.7 Å². The normalized spacial score (nSPS) is 22.4. The molecule has 0 amide bonds. The molecule has 3 rings (SSSR count). The van der Waals surface area contributed by atoms with Crippen LogP contribution in [-0.2, 0) is 19.4 Å². The molecule has 3 unspecified atom stereocenters. The second kappa shape index (κ2) is 7.84. The Balaban J connectivity index is 2.00. The van der Waals surface area contributed by atoms with Crippen molar-refractivity contribution in [3.63, 3.8) is 0 Å². The third-order valence-corrected chi connectivity index (χ3v) is 6.88. The van der Waals surface area contributed by atoms with Crippen LogP contribution < -0.4 is 5.32 Å². The molecule has 2 aromatic carbocycles. The Bertz CT molecular complexity index is 1000. The first-order chi connectivity index (χ1) is 13.5. The van der Waals surface area contributed by atoms with Crippen LogP contribution in [0.25, 0.3) is 0 Å². The molecule has 1 aliphatic heterocycles. The van der Waals surface area contributed by atoms with Crippen molar-refractivity contribution < 1.29 is 26.7 Å². The topological polar surface area (TPSA) is 72.5 Å². The lowest BCUT2D eigenvalue weighted by Gasteiger charge is -2.22. The van der Waals surface area contributed by atoms with Gasteiger partial charge in [0, 0.05) is 5.56 Å². The van der Waals surface area contributed by atoms with Gasteiger partial charge in [-0.2, -0.15) is 0 Å². The molecule has 1 aliphatic rings. The summed E-state index contributed by atoms with van der Waals surface area (Å²) < 4.78 is 59.6. The van der Waals surface area contributed by atoms with Crippen LogP contribution in [0.4, 0.5) is 8.78 Å². The van der Waals surface area contributed by atoms with E-state index >= 15 is 0 Å². The van der Waals surface area contributed by atoms with Crippen molar-refractivity contribution in [1.29, 1.82) is 0 Å². The molecule has 3 atom stereocenters. The number of hydrogen-bond donors (Lipinski definition) is 1. The van der Waals surface area contributed by atoms with Gasteiger partial charge in [0.05, 0.1) is 16.2 Å². The van der Waals surface area contributed by atoms with Crippen molar-refractivity contribution in [2.24, 2.45) is 0 Å². The largest absolute Gasteiger partial charge is 0.459 e. The first kappa shape index (κ1) is 21.4. The van der Waals surface area contributed by atoms with Crippen molar-refractivity contribution in [1.82, 2.24) is 5.32 Å². The minimum atomic E-state index is -3.98. The van der Waals surface area contributed by atoms with Gasteiger partial charge in [0.25, 0.3) is 0 Å². The van der Waals surface area contributed by atoms with Crippen molar-refractivity contribution in [3.8, 4) is 0 Å². The number of esters is 1. The van der Waals surface area contributed by atoms with E-state index in [0.717, 1.165) is 12.1 Å². The van der Waals surface area contributed by atoms with Crippen LogP contribution in [0.5, 0.6) is 0 Å². The molecule has 1 fully saturated rings. The zero-order valence-electron chi connectivity index (χ0n) is 16.4. The van der Waals surface area contributed by atoms with Crippen LogP contribution in [0.15, 0.2) is 53.4 Å². The molecule has 0 aromatic heterocycles. The van der Waals surface area contributed by atoms with E-state index in [1.165, 1.54) is 30.3 Å². The summed E-state index contributed by atoms with van der Waals surface area (Å²) >= 11 is 0. The summed E-state index contributed by atoms with van der Waals surface area (Å²) in [6.07, 6.45) is -0.0897. The molecule has 29 heavy (non-hydrogen) atoms. The predicted molar refractivity (Wildman–Crippen MR) is 104 cm³/mol. The van der Waals surface area contributed by atoms with E-state index in [9.17, 15) is 22.0 Å². The van der Waals surface area contributed by atoms with Gasteiger partial charge in [-0.05, 0) is 57.5 Å². The quantitative estimate of drug-likeness (QED) is 0.602. The Morgan fingerprint density at radius 3 is 2.28 bits per heavy atom. The molecule has 156 valence electrons. The molecule has 0 radical (unpaired) electrons. The smallest absolute Gasteiger partial charge is 0.323 e. The minimum Gasteiger partial charge on any atom is -0.459 e. The molecule has 1 heterocycles. The molecule has 2 aromatic rings. The summed E-state index contributed by atoms with van der Waals surface area (Å²) in [6.45, 7) is 5.13. The fourth-order valence-corrected chi connectivity index (χ4v) is 5.31. The Hall–Kier alpha value is -2.32. The number of hydrogen-bond acceptors (Lipinski definition) is 5. The number of carbonyl (C=O) groups is 1. The van der Waals surface area contributed by atoms with E-state index in [2.05, 4.69) is 5.32 Å². The van der Waals surface area contributed by atoms with Crippen molar-refractivity contribution in [2.45, 2.75) is 55.0 Å². The molecule has 1 N–H and O–H groups in total. The predicted octanol–water partition coefficient (Wildman–Crippen LogP) is 3.55. The van der Waals surface area contributed by atoms with Gasteiger partial charge < -0.3 is 4.74 Å². The summed E-state index contributed by atoms with van der Waals surface area (Å²) in [4.78, 5) is 12.5. The molecule has 1 saturated heterocycles. The first-order valence-corrected chi connectivity index (χ1v) is 10.8. The van der Waals surface area contributed by atoms with E-state index in [0.29, 0.717) is 0 Å². The zero-order valence-corrected chi connectivity index (χ0v) is 17.2. The molecule has 0 aliphatic carbocycles. The molecule has 0 spiro atoms. The van der Waals surface area contributed by atoms with E-state index in [1.54, 1.807) is 26.8 Å². The lowest BCUT2D eigenvalue weighted by atomic mass is 10.0. The van der Waals surface area contributed by atoms with E-state index in [1.807, 2.05) is 0 Å². The molecule has 8 heteroatoms. The van der Waals surface area contributed by atoms with Gasteiger partial charge in [0.2, 0.25) is 0 Å². The maximum atomic E-state index is 14.5. The van der Waals surface area contributed by atoms with Crippen LogP contribution in [0.1, 0.15) is 38.8 Å². The highest BCUT2D eigenvalue weighted by Crippen LogP contribution is 2.37. The van der Waals surface area contributed by atoms with Gasteiger partial charge in [0.1, 0.15) is 23.3 Å². The van der Waals surface area contributed by atoms with Gasteiger partial charge in [-0.25, -0.2) is 17.2 Å². The number of benzene rings is 2. The van der Waals surface area contributed by atoms with Crippen molar-refractivity contribution >= 4 is 15.8 Å². The van der Waals surface area contributed by atoms with Crippen LogP contribution in [0.2, 0.25) is 0 Å². The maximum Gasteiger partial charge on any atom is 0.323 e. The second-order valence-corrected chi connectivity index (χ2v) is 10.2. The van der Waals surface area contributed by atoms with Crippen LogP contribution >= 0.6 is 0 Å². The SMILES string of the molecule is CC(C)(C)OC(=O)C1CC(S(=O)(=O)c2ccc(F)cc2)C(c2ccccc2F)N1. The average molecular weight is 423 g/mol. The zero-order chi connectivity index (χ0) is 21.4. The highest BCUT2D eigenvalue weighted by molar-refractivity contribution is 7.92. The number of nitrogens with one attached hydrogen (secondary N) is 1. The Morgan fingerprint density at radius 1 is 1.07 bits per heavy atom. The van der Waals surface area contributed by atoms with Crippen LogP contribution in [0, 0.1) is 11.6 Å². The third-order valence-electron chi connectivity index (χ3n) is 4.69. The molecule has 0 saturated carbocycles. The molecule has 0 bridgehead atoms. The van der Waals surface area contributed by atoms with Crippen molar-refractivity contribution in [2.75, 3.05) is 0 Å². The second-order valence-electron chi connectivity index (χ2n) is 8.02. The van der Waals surface area contributed by atoms with Gasteiger partial charge in [-0.3, -0.25) is 10.1 Å². The van der Waals surface area contributed by atoms with Crippen LogP contribution in [-0.4, -0.2) is 31.3 Å². The van der Waals surface area contributed by atoms with Gasteiger partial charge in [0.15, 0.2) is 9.84 Å². The van der Waals surface area contributed by atoms with E-state index in [-0.39, 0.29) is 16.9 Å². The summed E-state index contributed by atoms with van der Waals surface area (Å²) in [6, 6.07) is 8.40. The number of carbonyl (C=O) groups excluding carboxylic acids is 1. The molecular formula is C21H23F2NO4S. The Labute approximate surface area is 169 Å². The summed E-state index contributed by atoms with van der Waals surface area (Å²) in [5.41, 5.74) is -0.602. The highest BCUT2D eigenvalue weighted by Gasteiger charge is 2.47. The molecule has 5 nitrogen and oxygen atoms in total. The van der Waals surface area contributed by atoms with E-state index in [4.69, 9.17) is 4.74 Å². The Morgan fingerprint density at radius 2 is 1.69 bits per heavy atom. The lowest BCUT2D eigenvalue weighted by molar-refractivity contribution is -0.157.